The molecule has 0 aromatic heterocycles. The minimum absolute atomic E-state index is 0.532. The molecular formula is C15H15ClO3. The first-order valence-electron chi connectivity index (χ1n) is 5.81. The molecule has 19 heavy (non-hydrogen) atoms. The van der Waals surface area contributed by atoms with Crippen molar-refractivity contribution in [2.24, 2.45) is 0 Å². The van der Waals surface area contributed by atoms with E-state index in [9.17, 15) is 5.11 Å². The second-order valence-electron chi connectivity index (χ2n) is 4.04. The van der Waals surface area contributed by atoms with Gasteiger partial charge < -0.3 is 14.6 Å². The van der Waals surface area contributed by atoms with Gasteiger partial charge >= 0.3 is 0 Å². The summed E-state index contributed by atoms with van der Waals surface area (Å²) < 4.78 is 10.4. The van der Waals surface area contributed by atoms with Crippen LogP contribution in [0.3, 0.4) is 0 Å². The lowest BCUT2D eigenvalue weighted by molar-refractivity contribution is 0.219. The maximum Gasteiger partial charge on any atom is 0.161 e. The molecule has 0 saturated heterocycles. The molecule has 0 radical (unpaired) electrons. The molecule has 0 bridgehead atoms. The van der Waals surface area contributed by atoms with Crippen molar-refractivity contribution in [3.05, 3.63) is 58.6 Å². The molecule has 100 valence electrons. The van der Waals surface area contributed by atoms with Gasteiger partial charge in [-0.1, -0.05) is 35.9 Å². The summed E-state index contributed by atoms with van der Waals surface area (Å²) in [5, 5.41) is 10.9. The van der Waals surface area contributed by atoms with Crippen LogP contribution in [0.5, 0.6) is 11.5 Å². The molecule has 0 aliphatic carbocycles. The molecule has 0 saturated carbocycles. The Bertz CT molecular complexity index is 569. The van der Waals surface area contributed by atoms with Gasteiger partial charge in [0.15, 0.2) is 11.5 Å². The standard InChI is InChI=1S/C15H15ClO3/c1-18-13-8-7-10(9-14(13)19-2)15(17)11-5-3-4-6-12(11)16/h3-9,15,17H,1-2H3/t15-/m0/s1. The van der Waals surface area contributed by atoms with E-state index in [4.69, 9.17) is 21.1 Å². The molecule has 0 amide bonds. The third kappa shape index (κ3) is 2.83. The molecule has 3 nitrogen and oxygen atoms in total. The Morgan fingerprint density at radius 2 is 1.68 bits per heavy atom. The Morgan fingerprint density at radius 1 is 1.00 bits per heavy atom. The molecule has 4 heteroatoms. The minimum Gasteiger partial charge on any atom is -0.493 e. The summed E-state index contributed by atoms with van der Waals surface area (Å²) in [6, 6.07) is 12.5. The highest BCUT2D eigenvalue weighted by Crippen LogP contribution is 2.34. The Kier molecular flexibility index (Phi) is 4.30. The van der Waals surface area contributed by atoms with E-state index in [1.807, 2.05) is 12.1 Å². The summed E-state index contributed by atoms with van der Waals surface area (Å²) in [4.78, 5) is 0. The van der Waals surface area contributed by atoms with Crippen LogP contribution in [0.2, 0.25) is 5.02 Å². The van der Waals surface area contributed by atoms with Gasteiger partial charge in [-0.15, -0.1) is 0 Å². The van der Waals surface area contributed by atoms with Gasteiger partial charge in [0.2, 0.25) is 0 Å². The van der Waals surface area contributed by atoms with Crippen LogP contribution in [0, 0.1) is 0 Å². The molecule has 0 spiro atoms. The summed E-state index contributed by atoms with van der Waals surface area (Å²) in [5.74, 6) is 1.20. The highest BCUT2D eigenvalue weighted by atomic mass is 35.5. The maximum atomic E-state index is 10.4. The van der Waals surface area contributed by atoms with Crippen LogP contribution < -0.4 is 9.47 Å². The summed E-state index contributed by atoms with van der Waals surface area (Å²) in [6.07, 6.45) is -0.798. The molecule has 0 unspecified atom stereocenters. The van der Waals surface area contributed by atoms with Gasteiger partial charge in [0.25, 0.3) is 0 Å². The molecular weight excluding hydrogens is 264 g/mol. The Labute approximate surface area is 117 Å². The molecule has 0 heterocycles. The van der Waals surface area contributed by atoms with E-state index >= 15 is 0 Å². The summed E-state index contributed by atoms with van der Waals surface area (Å²) in [6.45, 7) is 0. The Hall–Kier alpha value is -1.71. The fraction of sp³-hybridized carbons (Fsp3) is 0.200. The third-order valence-corrected chi connectivity index (χ3v) is 3.27. The number of benzene rings is 2. The van der Waals surface area contributed by atoms with Crippen molar-refractivity contribution in [3.8, 4) is 11.5 Å². The molecule has 2 aromatic rings. The van der Waals surface area contributed by atoms with E-state index in [0.29, 0.717) is 27.6 Å². The number of rotatable bonds is 4. The SMILES string of the molecule is COc1ccc([C@H](O)c2ccccc2Cl)cc1OC. The number of methoxy groups -OCH3 is 2. The molecule has 1 N–H and O–H groups in total. The smallest absolute Gasteiger partial charge is 0.161 e. The zero-order chi connectivity index (χ0) is 13.8. The largest absolute Gasteiger partial charge is 0.493 e. The average Bonchev–Trinajstić information content (AvgIpc) is 2.46. The predicted octanol–water partition coefficient (Wildman–Crippen LogP) is 3.44. The van der Waals surface area contributed by atoms with Crippen LogP contribution in [0.1, 0.15) is 17.2 Å². The Morgan fingerprint density at radius 3 is 2.32 bits per heavy atom. The Balaban J connectivity index is 2.39. The van der Waals surface area contributed by atoms with Crippen molar-refractivity contribution in [2.75, 3.05) is 14.2 Å². The predicted molar refractivity (Wildman–Crippen MR) is 75.1 cm³/mol. The van der Waals surface area contributed by atoms with E-state index in [1.54, 1.807) is 44.6 Å². The monoisotopic (exact) mass is 278 g/mol. The second kappa shape index (κ2) is 5.95. The van der Waals surface area contributed by atoms with Crippen LogP contribution in [-0.2, 0) is 0 Å². The van der Waals surface area contributed by atoms with Crippen molar-refractivity contribution < 1.29 is 14.6 Å². The van der Waals surface area contributed by atoms with E-state index in [0.717, 1.165) is 0 Å². The van der Waals surface area contributed by atoms with E-state index in [1.165, 1.54) is 0 Å². The number of ether oxygens (including phenoxy) is 2. The topological polar surface area (TPSA) is 38.7 Å². The van der Waals surface area contributed by atoms with Crippen LogP contribution in [0.25, 0.3) is 0 Å². The summed E-state index contributed by atoms with van der Waals surface area (Å²) >= 11 is 6.09. The maximum absolute atomic E-state index is 10.4. The molecule has 0 aliphatic heterocycles. The third-order valence-electron chi connectivity index (χ3n) is 2.92. The number of hydrogen-bond acceptors (Lipinski definition) is 3. The number of aliphatic hydroxyl groups excluding tert-OH is 1. The molecule has 2 aromatic carbocycles. The first-order chi connectivity index (χ1) is 9.17. The quantitative estimate of drug-likeness (QED) is 0.931. The lowest BCUT2D eigenvalue weighted by Crippen LogP contribution is -2.01. The van der Waals surface area contributed by atoms with E-state index in [2.05, 4.69) is 0 Å². The van der Waals surface area contributed by atoms with E-state index < -0.39 is 6.10 Å². The van der Waals surface area contributed by atoms with Crippen LogP contribution in [0.4, 0.5) is 0 Å². The fourth-order valence-corrected chi connectivity index (χ4v) is 2.14. The van der Waals surface area contributed by atoms with Crippen molar-refractivity contribution in [1.82, 2.24) is 0 Å². The minimum atomic E-state index is -0.798. The lowest BCUT2D eigenvalue weighted by Gasteiger charge is -2.15. The fourth-order valence-electron chi connectivity index (χ4n) is 1.90. The van der Waals surface area contributed by atoms with Crippen LogP contribution >= 0.6 is 11.6 Å². The van der Waals surface area contributed by atoms with Gasteiger partial charge in [-0.05, 0) is 23.8 Å². The van der Waals surface area contributed by atoms with Gasteiger partial charge in [0.1, 0.15) is 6.10 Å². The van der Waals surface area contributed by atoms with Gasteiger partial charge in [-0.25, -0.2) is 0 Å². The molecule has 2 rings (SSSR count). The average molecular weight is 279 g/mol. The van der Waals surface area contributed by atoms with Crippen LogP contribution in [0.15, 0.2) is 42.5 Å². The van der Waals surface area contributed by atoms with Crippen LogP contribution in [-0.4, -0.2) is 19.3 Å². The van der Waals surface area contributed by atoms with Gasteiger partial charge in [0.05, 0.1) is 14.2 Å². The normalized spacial score (nSPS) is 12.0. The zero-order valence-electron chi connectivity index (χ0n) is 10.8. The summed E-state index contributed by atoms with van der Waals surface area (Å²) in [5.41, 5.74) is 1.36. The zero-order valence-corrected chi connectivity index (χ0v) is 11.5. The molecule has 1 atom stereocenters. The number of hydrogen-bond donors (Lipinski definition) is 1. The van der Waals surface area contributed by atoms with Gasteiger partial charge in [-0.3, -0.25) is 0 Å². The number of aliphatic hydroxyl groups is 1. The number of halogens is 1. The van der Waals surface area contributed by atoms with Crippen molar-refractivity contribution in [3.63, 3.8) is 0 Å². The molecule has 0 fully saturated rings. The van der Waals surface area contributed by atoms with Crippen molar-refractivity contribution >= 4 is 11.6 Å². The highest BCUT2D eigenvalue weighted by molar-refractivity contribution is 6.31. The van der Waals surface area contributed by atoms with E-state index in [-0.39, 0.29) is 0 Å². The van der Waals surface area contributed by atoms with Crippen molar-refractivity contribution in [2.45, 2.75) is 6.10 Å². The first kappa shape index (κ1) is 13.7. The summed E-state index contributed by atoms with van der Waals surface area (Å²) in [7, 11) is 3.13. The van der Waals surface area contributed by atoms with Gasteiger partial charge in [-0.2, -0.15) is 0 Å². The van der Waals surface area contributed by atoms with Gasteiger partial charge in [0, 0.05) is 10.6 Å². The lowest BCUT2D eigenvalue weighted by atomic mass is 10.0. The second-order valence-corrected chi connectivity index (χ2v) is 4.45. The molecule has 0 aliphatic rings. The highest BCUT2D eigenvalue weighted by Gasteiger charge is 2.15. The van der Waals surface area contributed by atoms with Crippen molar-refractivity contribution in [1.29, 1.82) is 0 Å². The first-order valence-corrected chi connectivity index (χ1v) is 6.19.